The Morgan fingerprint density at radius 2 is 1.81 bits per heavy atom. The lowest BCUT2D eigenvalue weighted by Crippen LogP contribution is -2.21. The van der Waals surface area contributed by atoms with Crippen LogP contribution in [0.1, 0.15) is 36.5 Å². The molecule has 0 aliphatic rings. The molecule has 0 radical (unpaired) electrons. The third-order valence-corrected chi connectivity index (χ3v) is 3.13. The Balaban J connectivity index is 2.63. The highest BCUT2D eigenvalue weighted by Crippen LogP contribution is 2.25. The van der Waals surface area contributed by atoms with E-state index in [4.69, 9.17) is 10.5 Å². The van der Waals surface area contributed by atoms with Gasteiger partial charge in [-0.05, 0) is 50.3 Å². The van der Waals surface area contributed by atoms with Gasteiger partial charge < -0.3 is 10.5 Å². The van der Waals surface area contributed by atoms with E-state index < -0.39 is 0 Å². The second-order valence-electron chi connectivity index (χ2n) is 4.46. The van der Waals surface area contributed by atoms with Crippen molar-refractivity contribution in [3.8, 4) is 5.75 Å². The molecule has 0 saturated heterocycles. The Labute approximate surface area is 98.8 Å². The van der Waals surface area contributed by atoms with Crippen LogP contribution in [-0.4, -0.2) is 12.6 Å². The van der Waals surface area contributed by atoms with E-state index in [-0.39, 0.29) is 6.04 Å². The Morgan fingerprint density at radius 3 is 2.44 bits per heavy atom. The Bertz CT molecular complexity index is 347. The highest BCUT2D eigenvalue weighted by Gasteiger charge is 2.07. The average molecular weight is 221 g/mol. The largest absolute Gasteiger partial charge is 0.493 e. The van der Waals surface area contributed by atoms with Gasteiger partial charge in [0.25, 0.3) is 0 Å². The van der Waals surface area contributed by atoms with E-state index >= 15 is 0 Å². The third kappa shape index (κ3) is 3.24. The van der Waals surface area contributed by atoms with E-state index in [2.05, 4.69) is 39.8 Å². The van der Waals surface area contributed by atoms with Crippen LogP contribution in [0.15, 0.2) is 12.1 Å². The number of hydrogen-bond donors (Lipinski definition) is 1. The SMILES string of the molecule is CCC(N)CCOc1c(C)ccc(C)c1C. The number of hydrogen-bond acceptors (Lipinski definition) is 2. The van der Waals surface area contributed by atoms with Gasteiger partial charge in [0.1, 0.15) is 5.75 Å². The van der Waals surface area contributed by atoms with Gasteiger partial charge in [-0.2, -0.15) is 0 Å². The summed E-state index contributed by atoms with van der Waals surface area (Å²) >= 11 is 0. The molecule has 2 N–H and O–H groups in total. The van der Waals surface area contributed by atoms with E-state index in [0.717, 1.165) is 18.6 Å². The highest BCUT2D eigenvalue weighted by molar-refractivity contribution is 5.44. The number of benzene rings is 1. The number of nitrogens with two attached hydrogens (primary N) is 1. The van der Waals surface area contributed by atoms with Gasteiger partial charge in [0.15, 0.2) is 0 Å². The number of rotatable bonds is 5. The van der Waals surface area contributed by atoms with Crippen LogP contribution >= 0.6 is 0 Å². The molecule has 0 bridgehead atoms. The zero-order chi connectivity index (χ0) is 12.1. The van der Waals surface area contributed by atoms with E-state index in [1.165, 1.54) is 16.7 Å². The molecule has 0 fully saturated rings. The number of ether oxygens (including phenoxy) is 1. The second-order valence-corrected chi connectivity index (χ2v) is 4.46. The van der Waals surface area contributed by atoms with Crippen molar-refractivity contribution in [2.24, 2.45) is 5.73 Å². The molecule has 1 unspecified atom stereocenters. The molecule has 0 aliphatic heterocycles. The second kappa shape index (κ2) is 5.90. The summed E-state index contributed by atoms with van der Waals surface area (Å²) in [5.41, 5.74) is 9.58. The molecule has 0 spiro atoms. The Kier molecular flexibility index (Phi) is 4.81. The van der Waals surface area contributed by atoms with Gasteiger partial charge in [-0.3, -0.25) is 0 Å². The van der Waals surface area contributed by atoms with Crippen molar-refractivity contribution in [3.05, 3.63) is 28.8 Å². The summed E-state index contributed by atoms with van der Waals surface area (Å²) < 4.78 is 5.84. The monoisotopic (exact) mass is 221 g/mol. The fraction of sp³-hybridized carbons (Fsp3) is 0.571. The lowest BCUT2D eigenvalue weighted by molar-refractivity contribution is 0.292. The Morgan fingerprint density at radius 1 is 1.19 bits per heavy atom. The van der Waals surface area contributed by atoms with Crippen LogP contribution in [0.25, 0.3) is 0 Å². The van der Waals surface area contributed by atoms with E-state index in [1.807, 2.05) is 0 Å². The third-order valence-electron chi connectivity index (χ3n) is 3.13. The zero-order valence-corrected chi connectivity index (χ0v) is 10.8. The van der Waals surface area contributed by atoms with Crippen molar-refractivity contribution >= 4 is 0 Å². The topological polar surface area (TPSA) is 35.2 Å². The summed E-state index contributed by atoms with van der Waals surface area (Å²) in [6.07, 6.45) is 1.93. The summed E-state index contributed by atoms with van der Waals surface area (Å²) in [6.45, 7) is 9.12. The van der Waals surface area contributed by atoms with E-state index in [9.17, 15) is 0 Å². The smallest absolute Gasteiger partial charge is 0.125 e. The Hall–Kier alpha value is -1.02. The molecule has 1 atom stereocenters. The molecule has 0 aromatic heterocycles. The van der Waals surface area contributed by atoms with Crippen LogP contribution < -0.4 is 10.5 Å². The normalized spacial score (nSPS) is 12.6. The summed E-state index contributed by atoms with van der Waals surface area (Å²) in [5.74, 6) is 1.03. The lowest BCUT2D eigenvalue weighted by atomic mass is 10.1. The minimum Gasteiger partial charge on any atom is -0.493 e. The van der Waals surface area contributed by atoms with Crippen LogP contribution in [0, 0.1) is 20.8 Å². The van der Waals surface area contributed by atoms with Gasteiger partial charge in [-0.25, -0.2) is 0 Å². The van der Waals surface area contributed by atoms with Crippen molar-refractivity contribution in [2.75, 3.05) is 6.61 Å². The maximum atomic E-state index is 5.86. The first-order chi connectivity index (χ1) is 7.56. The zero-order valence-electron chi connectivity index (χ0n) is 10.8. The summed E-state index contributed by atoms with van der Waals surface area (Å²) in [7, 11) is 0. The summed E-state index contributed by atoms with van der Waals surface area (Å²) in [5, 5.41) is 0. The minimum absolute atomic E-state index is 0.255. The molecule has 16 heavy (non-hydrogen) atoms. The van der Waals surface area contributed by atoms with Crippen LogP contribution in [-0.2, 0) is 0 Å². The van der Waals surface area contributed by atoms with Gasteiger partial charge in [-0.1, -0.05) is 19.1 Å². The van der Waals surface area contributed by atoms with Crippen molar-refractivity contribution in [2.45, 2.75) is 46.6 Å². The lowest BCUT2D eigenvalue weighted by Gasteiger charge is -2.15. The van der Waals surface area contributed by atoms with Crippen LogP contribution in [0.3, 0.4) is 0 Å². The highest BCUT2D eigenvalue weighted by atomic mass is 16.5. The van der Waals surface area contributed by atoms with Crippen LogP contribution in [0.5, 0.6) is 5.75 Å². The molecule has 1 aromatic carbocycles. The molecular weight excluding hydrogens is 198 g/mol. The molecule has 1 aromatic rings. The van der Waals surface area contributed by atoms with E-state index in [1.54, 1.807) is 0 Å². The number of aryl methyl sites for hydroxylation is 2. The van der Waals surface area contributed by atoms with Gasteiger partial charge in [0.2, 0.25) is 0 Å². The van der Waals surface area contributed by atoms with Gasteiger partial charge >= 0.3 is 0 Å². The molecule has 0 heterocycles. The first-order valence-corrected chi connectivity index (χ1v) is 6.01. The van der Waals surface area contributed by atoms with Gasteiger partial charge in [-0.15, -0.1) is 0 Å². The van der Waals surface area contributed by atoms with Crippen LogP contribution in [0.2, 0.25) is 0 Å². The predicted molar refractivity (Wildman–Crippen MR) is 69.0 cm³/mol. The summed E-state index contributed by atoms with van der Waals surface area (Å²) in [4.78, 5) is 0. The van der Waals surface area contributed by atoms with Crippen LogP contribution in [0.4, 0.5) is 0 Å². The summed E-state index contributed by atoms with van der Waals surface area (Å²) in [6, 6.07) is 4.50. The molecular formula is C14H23NO. The van der Waals surface area contributed by atoms with Gasteiger partial charge in [0.05, 0.1) is 6.61 Å². The van der Waals surface area contributed by atoms with Crippen molar-refractivity contribution in [3.63, 3.8) is 0 Å². The maximum Gasteiger partial charge on any atom is 0.125 e. The van der Waals surface area contributed by atoms with Crippen molar-refractivity contribution in [1.82, 2.24) is 0 Å². The molecule has 90 valence electrons. The first-order valence-electron chi connectivity index (χ1n) is 6.01. The average Bonchev–Trinajstić information content (AvgIpc) is 2.28. The quantitative estimate of drug-likeness (QED) is 0.829. The van der Waals surface area contributed by atoms with E-state index in [0.29, 0.717) is 6.61 Å². The molecule has 2 nitrogen and oxygen atoms in total. The molecule has 1 rings (SSSR count). The molecule has 2 heteroatoms. The standard InChI is InChI=1S/C14H23NO/c1-5-13(15)8-9-16-14-11(3)7-6-10(2)12(14)4/h6-7,13H,5,8-9,15H2,1-4H3. The van der Waals surface area contributed by atoms with Crippen molar-refractivity contribution < 1.29 is 4.74 Å². The van der Waals surface area contributed by atoms with Crippen molar-refractivity contribution in [1.29, 1.82) is 0 Å². The minimum atomic E-state index is 0.255. The fourth-order valence-electron chi connectivity index (χ4n) is 1.66. The first kappa shape index (κ1) is 13.0. The fourth-order valence-corrected chi connectivity index (χ4v) is 1.66. The predicted octanol–water partition coefficient (Wildman–Crippen LogP) is 3.12. The maximum absolute atomic E-state index is 5.86. The molecule has 0 saturated carbocycles. The molecule has 0 amide bonds. The molecule has 0 aliphatic carbocycles. The van der Waals surface area contributed by atoms with Gasteiger partial charge in [0, 0.05) is 6.04 Å².